The van der Waals surface area contributed by atoms with Crippen molar-refractivity contribution in [3.05, 3.63) is 24.3 Å². The maximum Gasteiger partial charge on any atom is 0.187 e. The van der Waals surface area contributed by atoms with Gasteiger partial charge in [0, 0.05) is 49.4 Å². The Morgan fingerprint density at radius 2 is 1.47 bits per heavy atom. The largest absolute Gasteiger partial charge is 0.394 e. The van der Waals surface area contributed by atoms with Gasteiger partial charge in [-0.1, -0.05) is 52.3 Å². The zero-order valence-electron chi connectivity index (χ0n) is 44.7. The molecule has 4 aliphatic heterocycles. The van der Waals surface area contributed by atoms with Gasteiger partial charge in [-0.15, -0.1) is 6.58 Å². The smallest absolute Gasteiger partial charge is 0.187 e. The van der Waals surface area contributed by atoms with E-state index in [9.17, 15) is 51.1 Å². The van der Waals surface area contributed by atoms with Gasteiger partial charge >= 0.3 is 0 Å². The quantitative estimate of drug-likeness (QED) is 0.0881. The summed E-state index contributed by atoms with van der Waals surface area (Å²) in [7, 11) is 0. The highest BCUT2D eigenvalue weighted by molar-refractivity contribution is 5.88. The first kappa shape index (κ1) is 58.6. The third-order valence-electron chi connectivity index (χ3n) is 19.7. The number of carbonyl (C=O) groups excluding carboxylic acids is 1. The fourth-order valence-electron chi connectivity index (χ4n) is 15.4. The highest BCUT2D eigenvalue weighted by Crippen LogP contribution is 2.74. The predicted octanol–water partition coefficient (Wildman–Crippen LogP) is 2.29. The molecule has 8 rings (SSSR count). The Kier molecular flexibility index (Phi) is 18.1. The highest BCUT2D eigenvalue weighted by atomic mass is 16.8. The zero-order valence-corrected chi connectivity index (χ0v) is 44.7. The second-order valence-electron chi connectivity index (χ2n) is 25.0. The molecule has 5 unspecified atom stereocenters. The molecule has 0 bridgehead atoms. The van der Waals surface area contributed by atoms with Crippen LogP contribution in [0.5, 0.6) is 0 Å². The van der Waals surface area contributed by atoms with Gasteiger partial charge in [0.1, 0.15) is 30.2 Å². The highest BCUT2D eigenvalue weighted by Gasteiger charge is 2.71. The molecule has 74 heavy (non-hydrogen) atoms. The molecule has 4 saturated heterocycles. The van der Waals surface area contributed by atoms with E-state index in [4.69, 9.17) is 37.9 Å². The number of Topliss-reactive ketones (excluding diaryl/α,β-unsaturated/α-hetero) is 1. The van der Waals surface area contributed by atoms with Crippen molar-refractivity contribution in [3.63, 3.8) is 0 Å². The van der Waals surface area contributed by atoms with Gasteiger partial charge in [0.25, 0.3) is 0 Å². The maximum absolute atomic E-state index is 15.2. The fraction of sp³-hybridized carbons (Fsp3) is 0.909. The average molecular weight is 1060 g/mol. The third-order valence-corrected chi connectivity index (χ3v) is 19.7. The van der Waals surface area contributed by atoms with Crippen molar-refractivity contribution < 1.29 is 93.8 Å². The molecule has 4 heterocycles. The minimum atomic E-state index is -1.54. The van der Waals surface area contributed by atoms with Gasteiger partial charge in [-0.3, -0.25) is 4.79 Å². The first-order valence-corrected chi connectivity index (χ1v) is 27.6. The molecule has 24 atom stereocenters. The molecule has 0 aromatic heterocycles. The molecule has 0 aromatic rings. The first-order valence-electron chi connectivity index (χ1n) is 27.6. The van der Waals surface area contributed by atoms with E-state index >= 15 is 4.79 Å². The second kappa shape index (κ2) is 22.9. The first-order chi connectivity index (χ1) is 34.8. The zero-order chi connectivity index (χ0) is 53.9. The molecule has 0 amide bonds. The Morgan fingerprint density at radius 3 is 2.15 bits per heavy atom. The van der Waals surface area contributed by atoms with Crippen molar-refractivity contribution in [1.82, 2.24) is 0 Å². The molecule has 4 aliphatic carbocycles. The van der Waals surface area contributed by atoms with Crippen LogP contribution in [-0.4, -0.2) is 193 Å². The van der Waals surface area contributed by atoms with Gasteiger partial charge in [-0.05, 0) is 93.3 Å². The summed E-state index contributed by atoms with van der Waals surface area (Å²) in [6.07, 6.45) is -7.18. The Bertz CT molecular complexity index is 1950. The molecule has 0 aromatic carbocycles. The third kappa shape index (κ3) is 11.0. The van der Waals surface area contributed by atoms with Gasteiger partial charge in [0.15, 0.2) is 25.2 Å². The lowest BCUT2D eigenvalue weighted by molar-refractivity contribution is -0.359. The fourth-order valence-corrected chi connectivity index (χ4v) is 15.4. The van der Waals surface area contributed by atoms with Crippen LogP contribution in [0.15, 0.2) is 24.3 Å². The summed E-state index contributed by atoms with van der Waals surface area (Å²) in [5, 5.41) is 106. The minimum absolute atomic E-state index is 0.0163. The number of aliphatic hydroxyl groups is 10. The number of allylic oxidation sites excluding steroid dienone is 2. The van der Waals surface area contributed by atoms with Gasteiger partial charge in [0.05, 0.1) is 87.0 Å². The van der Waals surface area contributed by atoms with E-state index in [1.807, 2.05) is 0 Å². The van der Waals surface area contributed by atoms with E-state index < -0.39 is 133 Å². The Labute approximate surface area is 436 Å². The van der Waals surface area contributed by atoms with E-state index in [1.54, 1.807) is 13.8 Å². The van der Waals surface area contributed by atoms with Crippen LogP contribution >= 0.6 is 0 Å². The summed E-state index contributed by atoms with van der Waals surface area (Å²) >= 11 is 0. The molecule has 0 spiro atoms. The number of hydrogen-bond donors (Lipinski definition) is 10. The van der Waals surface area contributed by atoms with Crippen LogP contribution in [0.3, 0.4) is 0 Å². The van der Waals surface area contributed by atoms with E-state index in [1.165, 1.54) is 5.57 Å². The predicted molar refractivity (Wildman–Crippen MR) is 264 cm³/mol. The van der Waals surface area contributed by atoms with E-state index in [0.717, 1.165) is 32.1 Å². The van der Waals surface area contributed by atoms with Gasteiger partial charge < -0.3 is 89.0 Å². The lowest BCUT2D eigenvalue weighted by atomic mass is 9.38. The SMILES string of the molecule is C=C[C@@]12CCC([C@H](C)CC[C@@H](O[C@@H]3O[C@H](CO[C@H]4O[C@H](CO)[C@@H](O)C[C@H]4O)C[C@H](O)C3O[C@@H]3OC(CO)C[C@H](O)[C@H]3O)C(C)(C)O)[C@@]1(C)CC(=O)[C@@]1(C)C3CC[C@H](O[C@H]4C[C@@H](O)C[C@@H](CO)O4)C(C)(C)C3=CCC12. The number of fused-ring (bicyclic) bond motifs is 5. The van der Waals surface area contributed by atoms with Crippen molar-refractivity contribution in [1.29, 1.82) is 0 Å². The van der Waals surface area contributed by atoms with Gasteiger partial charge in [0.2, 0.25) is 0 Å². The van der Waals surface area contributed by atoms with E-state index in [-0.39, 0.29) is 73.5 Å². The summed E-state index contributed by atoms with van der Waals surface area (Å²) in [5.74, 6) is 0.472. The summed E-state index contributed by atoms with van der Waals surface area (Å²) < 4.78 is 49.3. The van der Waals surface area contributed by atoms with Crippen molar-refractivity contribution >= 4 is 5.78 Å². The van der Waals surface area contributed by atoms with Crippen LogP contribution in [0.1, 0.15) is 132 Å². The van der Waals surface area contributed by atoms with Crippen molar-refractivity contribution in [2.24, 2.45) is 45.3 Å². The average Bonchev–Trinajstić information content (AvgIpc) is 3.64. The lowest BCUT2D eigenvalue weighted by Crippen LogP contribution is -2.63. The molecule has 3 saturated carbocycles. The number of ether oxygens (including phenoxy) is 8. The normalized spacial score (nSPS) is 47.4. The summed E-state index contributed by atoms with van der Waals surface area (Å²) in [6.45, 7) is 17.5. The number of ketones is 1. The summed E-state index contributed by atoms with van der Waals surface area (Å²) in [5.41, 5.74) is -2.03. The molecule has 0 radical (unpaired) electrons. The molecular weight excluding hydrogens is 965 g/mol. The summed E-state index contributed by atoms with van der Waals surface area (Å²) in [6, 6.07) is 0. The molecular formula is C55H90O19. The summed E-state index contributed by atoms with van der Waals surface area (Å²) in [4.78, 5) is 15.2. The molecule has 10 N–H and O–H groups in total. The van der Waals surface area contributed by atoms with Crippen LogP contribution in [0.4, 0.5) is 0 Å². The van der Waals surface area contributed by atoms with Crippen molar-refractivity contribution in [2.75, 3.05) is 26.4 Å². The van der Waals surface area contributed by atoms with Crippen LogP contribution in [-0.2, 0) is 42.7 Å². The standard InChI is InChI=1S/C55H90O19/c1-9-55-17-16-33(53(55,7)23-42(64)54(8)35-12-15-43(51(3,4)34(35)11-13-41(54)55)72-45-19-29(59)18-30(24-56)68-45)28(2)10-14-44(52(5,6)66)73-50-47(74-49-46(65)37(61)20-31(25-57)69-49)38(62)21-32(70-50)27-67-48-39(63)22-36(60)40(26-58)71-48/h9,11,28-33,35-41,43-50,56-63,65-66H,1,10,12-27H2,2-8H3/t28-,29+,30+,31?,32+,33?,35?,36+,37+,38+,39-,40-,41?,43+,44-,45+,46-,47?,48+,49+,50+,53-,54+,55+/m1/s1. The van der Waals surface area contributed by atoms with Crippen molar-refractivity contribution in [3.8, 4) is 0 Å². The second-order valence-corrected chi connectivity index (χ2v) is 25.0. The Balaban J connectivity index is 0.982. The molecule has 19 heteroatoms. The Hall–Kier alpha value is -1.57. The van der Waals surface area contributed by atoms with Crippen LogP contribution in [0, 0.1) is 45.3 Å². The number of rotatable bonds is 18. The molecule has 424 valence electrons. The minimum Gasteiger partial charge on any atom is -0.394 e. The number of carbonyl (C=O) groups is 1. The van der Waals surface area contributed by atoms with Crippen molar-refractivity contribution in [2.45, 2.75) is 242 Å². The molecule has 8 aliphatic rings. The topological polar surface area (TPSA) is 293 Å². The molecule has 7 fully saturated rings. The van der Waals surface area contributed by atoms with Gasteiger partial charge in [-0.25, -0.2) is 0 Å². The van der Waals surface area contributed by atoms with E-state index in [0.29, 0.717) is 32.1 Å². The monoisotopic (exact) mass is 1050 g/mol. The van der Waals surface area contributed by atoms with Crippen LogP contribution in [0.2, 0.25) is 0 Å². The van der Waals surface area contributed by atoms with E-state index in [2.05, 4.69) is 53.3 Å². The maximum atomic E-state index is 15.2. The van der Waals surface area contributed by atoms with Gasteiger partial charge in [-0.2, -0.15) is 0 Å². The Morgan fingerprint density at radius 1 is 0.784 bits per heavy atom. The number of hydrogen-bond acceptors (Lipinski definition) is 19. The number of aliphatic hydroxyl groups excluding tert-OH is 9. The van der Waals surface area contributed by atoms with Crippen LogP contribution in [0.25, 0.3) is 0 Å². The van der Waals surface area contributed by atoms with Crippen LogP contribution < -0.4 is 0 Å². The lowest BCUT2D eigenvalue weighted by Gasteiger charge is -2.65. The molecule has 19 nitrogen and oxygen atoms in total.